The van der Waals surface area contributed by atoms with Crippen molar-refractivity contribution < 1.29 is 9.53 Å². The summed E-state index contributed by atoms with van der Waals surface area (Å²) in [6.45, 7) is 4.02. The van der Waals surface area contributed by atoms with E-state index in [9.17, 15) is 10.1 Å². The third-order valence-corrected chi connectivity index (χ3v) is 4.51. The summed E-state index contributed by atoms with van der Waals surface area (Å²) >= 11 is 3.20. The molecular formula is C14H17NO2S2. The first-order valence-corrected chi connectivity index (χ1v) is 7.88. The minimum Gasteiger partial charge on any atom is -0.469 e. The van der Waals surface area contributed by atoms with Crippen LogP contribution in [0.25, 0.3) is 0 Å². The van der Waals surface area contributed by atoms with E-state index in [-0.39, 0.29) is 11.2 Å². The van der Waals surface area contributed by atoms with Gasteiger partial charge in [-0.05, 0) is 17.9 Å². The number of ether oxygens (including phenoxy) is 1. The molecule has 1 aromatic rings. The van der Waals surface area contributed by atoms with E-state index >= 15 is 0 Å². The Morgan fingerprint density at radius 1 is 1.47 bits per heavy atom. The maximum absolute atomic E-state index is 11.2. The van der Waals surface area contributed by atoms with Crippen LogP contribution < -0.4 is 0 Å². The highest BCUT2D eigenvalue weighted by Crippen LogP contribution is 2.33. The molecule has 0 bridgehead atoms. The van der Waals surface area contributed by atoms with Gasteiger partial charge in [-0.3, -0.25) is 4.79 Å². The summed E-state index contributed by atoms with van der Waals surface area (Å²) in [6, 6.07) is 8.10. The molecular weight excluding hydrogens is 278 g/mol. The molecule has 0 spiro atoms. The molecule has 19 heavy (non-hydrogen) atoms. The number of rotatable bonds is 6. The molecule has 0 aromatic heterocycles. The Bertz CT molecular complexity index is 483. The molecule has 0 N–H and O–H groups in total. The van der Waals surface area contributed by atoms with Crippen LogP contribution in [0.3, 0.4) is 0 Å². The first kappa shape index (κ1) is 15.9. The minimum atomic E-state index is -0.224. The van der Waals surface area contributed by atoms with Crippen LogP contribution >= 0.6 is 23.5 Å². The average molecular weight is 295 g/mol. The molecule has 1 atom stereocenters. The number of carbonyl (C=O) groups excluding carboxylic acids is 1. The van der Waals surface area contributed by atoms with Crippen LogP contribution in [0.5, 0.6) is 0 Å². The number of nitrogens with zero attached hydrogens (tertiary/aromatic N) is 1. The van der Waals surface area contributed by atoms with Gasteiger partial charge in [-0.25, -0.2) is 0 Å². The van der Waals surface area contributed by atoms with Gasteiger partial charge in [0.1, 0.15) is 6.07 Å². The van der Waals surface area contributed by atoms with E-state index in [2.05, 4.69) is 17.7 Å². The number of hydrogen-bond acceptors (Lipinski definition) is 5. The summed E-state index contributed by atoms with van der Waals surface area (Å²) in [5.74, 6) is 0.707. The molecule has 0 fully saturated rings. The van der Waals surface area contributed by atoms with Crippen LogP contribution in [0.15, 0.2) is 28.0 Å². The second-order valence-corrected chi connectivity index (χ2v) is 6.67. The topological polar surface area (TPSA) is 50.1 Å². The van der Waals surface area contributed by atoms with E-state index in [4.69, 9.17) is 0 Å². The predicted molar refractivity (Wildman–Crippen MR) is 79.5 cm³/mol. The second kappa shape index (κ2) is 8.13. The third-order valence-electron chi connectivity index (χ3n) is 2.41. The van der Waals surface area contributed by atoms with E-state index in [0.29, 0.717) is 12.0 Å². The molecule has 5 heteroatoms. The van der Waals surface area contributed by atoms with Gasteiger partial charge in [-0.2, -0.15) is 5.26 Å². The van der Waals surface area contributed by atoms with E-state index < -0.39 is 0 Å². The molecule has 0 saturated carbocycles. The maximum atomic E-state index is 11.2. The van der Waals surface area contributed by atoms with E-state index in [1.54, 1.807) is 23.5 Å². The summed E-state index contributed by atoms with van der Waals surface area (Å²) in [6.07, 6.45) is 0.344. The first-order chi connectivity index (χ1) is 9.12. The second-order valence-electron chi connectivity index (χ2n) is 3.88. The Labute approximate surface area is 122 Å². The molecule has 1 aromatic carbocycles. The molecule has 1 rings (SSSR count). The number of hydrogen-bond donors (Lipinski definition) is 0. The highest BCUT2D eigenvalue weighted by Gasteiger charge is 2.14. The van der Waals surface area contributed by atoms with Gasteiger partial charge in [0.15, 0.2) is 0 Å². The smallest absolute Gasteiger partial charge is 0.306 e. The summed E-state index contributed by atoms with van der Waals surface area (Å²) in [4.78, 5) is 13.2. The van der Waals surface area contributed by atoms with E-state index in [1.807, 2.05) is 25.1 Å². The summed E-state index contributed by atoms with van der Waals surface area (Å²) in [5, 5.41) is 9.38. The van der Waals surface area contributed by atoms with Gasteiger partial charge in [0.2, 0.25) is 0 Å². The fraction of sp³-hybridized carbons (Fsp3) is 0.429. The predicted octanol–water partition coefficient (Wildman–Crippen LogP) is 3.71. The van der Waals surface area contributed by atoms with Crippen molar-refractivity contribution in [2.75, 3.05) is 12.9 Å². The Balaban J connectivity index is 2.86. The van der Waals surface area contributed by atoms with Crippen molar-refractivity contribution in [2.45, 2.75) is 35.3 Å². The maximum Gasteiger partial charge on any atom is 0.306 e. The van der Waals surface area contributed by atoms with Crippen molar-refractivity contribution in [3.05, 3.63) is 23.8 Å². The van der Waals surface area contributed by atoms with Gasteiger partial charge in [0, 0.05) is 15.0 Å². The van der Waals surface area contributed by atoms with Crippen LogP contribution in [0.1, 0.15) is 25.8 Å². The number of esters is 1. The minimum absolute atomic E-state index is 0.0847. The molecule has 0 radical (unpaired) electrons. The molecule has 0 amide bonds. The number of methoxy groups -OCH3 is 1. The van der Waals surface area contributed by atoms with Crippen LogP contribution in [0, 0.1) is 11.3 Å². The van der Waals surface area contributed by atoms with Gasteiger partial charge in [-0.1, -0.05) is 19.9 Å². The highest BCUT2D eigenvalue weighted by molar-refractivity contribution is 8.00. The van der Waals surface area contributed by atoms with Crippen molar-refractivity contribution in [1.82, 2.24) is 0 Å². The van der Waals surface area contributed by atoms with Gasteiger partial charge >= 0.3 is 5.97 Å². The molecule has 0 aliphatic rings. The number of nitriles is 1. The lowest BCUT2D eigenvalue weighted by atomic mass is 10.2. The molecule has 3 nitrogen and oxygen atoms in total. The van der Waals surface area contributed by atoms with Crippen LogP contribution in [0.2, 0.25) is 0 Å². The van der Waals surface area contributed by atoms with Crippen LogP contribution in [-0.4, -0.2) is 24.1 Å². The molecule has 102 valence electrons. The molecule has 0 saturated heterocycles. The monoisotopic (exact) mass is 295 g/mol. The Kier molecular flexibility index (Phi) is 6.82. The Morgan fingerprint density at radius 3 is 2.74 bits per heavy atom. The zero-order valence-corrected chi connectivity index (χ0v) is 12.9. The SMILES string of the molecule is CCSc1cccc(SC(C)CC(=O)OC)c1C#N. The van der Waals surface area contributed by atoms with Gasteiger partial charge < -0.3 is 4.74 Å². The molecule has 0 aliphatic heterocycles. The van der Waals surface area contributed by atoms with Crippen molar-refractivity contribution in [3.8, 4) is 6.07 Å². The third kappa shape index (κ3) is 4.81. The van der Waals surface area contributed by atoms with E-state index in [1.165, 1.54) is 7.11 Å². The van der Waals surface area contributed by atoms with Gasteiger partial charge in [-0.15, -0.1) is 23.5 Å². The summed E-state index contributed by atoms with van der Waals surface area (Å²) in [7, 11) is 1.39. The number of thioether (sulfide) groups is 2. The number of carbonyl (C=O) groups is 1. The highest BCUT2D eigenvalue weighted by atomic mass is 32.2. The zero-order chi connectivity index (χ0) is 14.3. The lowest BCUT2D eigenvalue weighted by Gasteiger charge is -2.12. The fourth-order valence-electron chi connectivity index (χ4n) is 1.57. The van der Waals surface area contributed by atoms with Crippen molar-refractivity contribution >= 4 is 29.5 Å². The quantitative estimate of drug-likeness (QED) is 0.591. The molecule has 0 aliphatic carbocycles. The van der Waals surface area contributed by atoms with Crippen molar-refractivity contribution in [1.29, 1.82) is 5.26 Å². The largest absolute Gasteiger partial charge is 0.469 e. The normalized spacial score (nSPS) is 11.7. The van der Waals surface area contributed by atoms with Crippen molar-refractivity contribution in [3.63, 3.8) is 0 Å². The Morgan fingerprint density at radius 2 is 2.16 bits per heavy atom. The standard InChI is InChI=1S/C14H17NO2S2/c1-4-18-12-6-5-7-13(11(12)9-15)19-10(2)8-14(16)17-3/h5-7,10H,4,8H2,1-3H3. The van der Waals surface area contributed by atoms with Gasteiger partial charge in [0.25, 0.3) is 0 Å². The fourth-order valence-corrected chi connectivity index (χ4v) is 3.51. The van der Waals surface area contributed by atoms with Crippen LogP contribution in [-0.2, 0) is 9.53 Å². The lowest BCUT2D eigenvalue weighted by molar-refractivity contribution is -0.140. The Hall–Kier alpha value is -1.12. The van der Waals surface area contributed by atoms with E-state index in [0.717, 1.165) is 15.5 Å². The zero-order valence-electron chi connectivity index (χ0n) is 11.3. The summed E-state index contributed by atoms with van der Waals surface area (Å²) in [5.41, 5.74) is 0.705. The van der Waals surface area contributed by atoms with Crippen LogP contribution in [0.4, 0.5) is 0 Å². The molecule has 1 unspecified atom stereocenters. The molecule has 0 heterocycles. The summed E-state index contributed by atoms with van der Waals surface area (Å²) < 4.78 is 4.66. The van der Waals surface area contributed by atoms with Crippen molar-refractivity contribution in [2.24, 2.45) is 0 Å². The van der Waals surface area contributed by atoms with Gasteiger partial charge in [0.05, 0.1) is 19.1 Å². The first-order valence-electron chi connectivity index (χ1n) is 6.01. The lowest BCUT2D eigenvalue weighted by Crippen LogP contribution is -2.08. The number of benzene rings is 1. The average Bonchev–Trinajstić information content (AvgIpc) is 2.39.